The third-order valence-corrected chi connectivity index (χ3v) is 5.95. The average molecular weight is 444 g/mol. The zero-order valence-electron chi connectivity index (χ0n) is 14.3. The van der Waals surface area contributed by atoms with Gasteiger partial charge in [-0.25, -0.2) is 0 Å². The summed E-state index contributed by atoms with van der Waals surface area (Å²) in [7, 11) is 2.28. The lowest BCUT2D eigenvalue weighted by Gasteiger charge is -2.46. The maximum atomic E-state index is 3.85. The molecule has 0 radical (unpaired) electrons. The summed E-state index contributed by atoms with van der Waals surface area (Å²) in [6, 6.07) is 18.8. The van der Waals surface area contributed by atoms with Crippen molar-refractivity contribution in [2.45, 2.75) is 31.3 Å². The molecule has 1 fully saturated rings. The molecular weight excluding hydrogens is 419 g/mol. The van der Waals surface area contributed by atoms with E-state index in [4.69, 9.17) is 0 Å². The van der Waals surface area contributed by atoms with Gasteiger partial charge in [-0.3, -0.25) is 0 Å². The van der Waals surface area contributed by atoms with E-state index in [-0.39, 0.29) is 24.8 Å². The van der Waals surface area contributed by atoms with Crippen molar-refractivity contribution < 1.29 is 0 Å². The molecule has 5 heteroatoms. The lowest BCUT2D eigenvalue weighted by Crippen LogP contribution is -2.53. The van der Waals surface area contributed by atoms with Gasteiger partial charge in [0.2, 0.25) is 0 Å². The summed E-state index contributed by atoms with van der Waals surface area (Å²) in [5.74, 6) is 0.693. The van der Waals surface area contributed by atoms with Gasteiger partial charge in [0, 0.05) is 28.8 Å². The van der Waals surface area contributed by atoms with E-state index in [2.05, 4.69) is 81.7 Å². The number of rotatable bonds is 2. The first-order valence-corrected chi connectivity index (χ1v) is 9.27. The fraction of sp³-hybridized carbons (Fsp3) is 0.400. The molecule has 3 unspecified atom stereocenters. The molecule has 3 aliphatic rings. The van der Waals surface area contributed by atoms with Gasteiger partial charge < -0.3 is 10.2 Å². The second-order valence-corrected chi connectivity index (χ2v) is 7.95. The highest BCUT2D eigenvalue weighted by Gasteiger charge is 2.36. The van der Waals surface area contributed by atoms with Crippen LogP contribution in [0.3, 0.4) is 0 Å². The number of piperidine rings is 1. The fourth-order valence-corrected chi connectivity index (χ4v) is 4.64. The molecule has 0 saturated carbocycles. The van der Waals surface area contributed by atoms with Gasteiger partial charge in [-0.1, -0.05) is 46.3 Å². The maximum absolute atomic E-state index is 3.85. The number of nitrogens with zero attached hydrogens (tertiary/aromatic N) is 1. The molecule has 2 aromatic rings. The van der Waals surface area contributed by atoms with Crippen LogP contribution < -0.4 is 5.32 Å². The highest BCUT2D eigenvalue weighted by Crippen LogP contribution is 2.34. The van der Waals surface area contributed by atoms with E-state index >= 15 is 0 Å². The molecule has 3 atom stereocenters. The Kier molecular flexibility index (Phi) is 7.21. The zero-order valence-corrected chi connectivity index (χ0v) is 17.5. The Morgan fingerprint density at radius 3 is 2.72 bits per heavy atom. The van der Waals surface area contributed by atoms with E-state index in [0.717, 1.165) is 19.4 Å². The zero-order chi connectivity index (χ0) is 15.8. The quantitative estimate of drug-likeness (QED) is 0.686. The first-order chi connectivity index (χ1) is 11.2. The van der Waals surface area contributed by atoms with Gasteiger partial charge in [0.05, 0.1) is 0 Å². The summed E-state index contributed by atoms with van der Waals surface area (Å²) in [6.07, 6.45) is 3.58. The Morgan fingerprint density at radius 2 is 1.92 bits per heavy atom. The van der Waals surface area contributed by atoms with Crippen LogP contribution in [0.4, 0.5) is 5.69 Å². The summed E-state index contributed by atoms with van der Waals surface area (Å²) in [6.45, 7) is 1.14. The minimum Gasteiger partial charge on any atom is -0.381 e. The average Bonchev–Trinajstić information content (AvgIpc) is 2.51. The molecule has 2 bridgehead atoms. The Hall–Kier alpha value is -0.740. The number of anilines is 1. The van der Waals surface area contributed by atoms with Gasteiger partial charge in [0.1, 0.15) is 0 Å². The van der Waals surface area contributed by atoms with Crippen molar-refractivity contribution in [2.75, 3.05) is 18.9 Å². The fourth-order valence-electron chi connectivity index (χ4n) is 4.19. The van der Waals surface area contributed by atoms with E-state index in [0.29, 0.717) is 18.0 Å². The molecule has 0 spiro atoms. The van der Waals surface area contributed by atoms with Crippen LogP contribution in [0, 0.1) is 5.92 Å². The topological polar surface area (TPSA) is 15.3 Å². The monoisotopic (exact) mass is 442 g/mol. The van der Waals surface area contributed by atoms with Crippen LogP contribution in [0.15, 0.2) is 53.0 Å². The third-order valence-electron chi connectivity index (χ3n) is 5.45. The molecule has 136 valence electrons. The van der Waals surface area contributed by atoms with E-state index in [9.17, 15) is 0 Å². The van der Waals surface area contributed by atoms with Crippen molar-refractivity contribution in [1.82, 2.24) is 4.90 Å². The molecule has 0 aliphatic carbocycles. The molecule has 3 heterocycles. The summed E-state index contributed by atoms with van der Waals surface area (Å²) >= 11 is 3.60. The molecule has 1 saturated heterocycles. The summed E-state index contributed by atoms with van der Waals surface area (Å²) in [4.78, 5) is 2.55. The van der Waals surface area contributed by atoms with Gasteiger partial charge in [-0.2, -0.15) is 0 Å². The molecule has 2 aromatic carbocycles. The SMILES string of the molecule is CN1CC2Nc3ccccc3CC1CC2Cc1cccc(Br)c1.Cl.Cl. The van der Waals surface area contributed by atoms with Crippen LogP contribution in [0.5, 0.6) is 0 Å². The molecule has 0 aromatic heterocycles. The van der Waals surface area contributed by atoms with Crippen LogP contribution in [-0.2, 0) is 12.8 Å². The molecule has 3 aliphatic heterocycles. The van der Waals surface area contributed by atoms with Crippen LogP contribution in [-0.4, -0.2) is 30.6 Å². The Bertz CT molecular complexity index is 710. The number of fused-ring (bicyclic) bond motifs is 2. The second-order valence-electron chi connectivity index (χ2n) is 7.04. The van der Waals surface area contributed by atoms with E-state index < -0.39 is 0 Å². The van der Waals surface area contributed by atoms with Crippen molar-refractivity contribution in [3.8, 4) is 0 Å². The molecule has 2 nitrogen and oxygen atoms in total. The van der Waals surface area contributed by atoms with Gasteiger partial charge in [0.25, 0.3) is 0 Å². The van der Waals surface area contributed by atoms with Crippen molar-refractivity contribution >= 4 is 46.4 Å². The minimum absolute atomic E-state index is 0. The van der Waals surface area contributed by atoms with Gasteiger partial charge in [-0.15, -0.1) is 24.8 Å². The minimum atomic E-state index is 0. The Labute approximate surface area is 171 Å². The highest BCUT2D eigenvalue weighted by atomic mass is 79.9. The van der Waals surface area contributed by atoms with Crippen LogP contribution in [0.2, 0.25) is 0 Å². The number of hydrogen-bond donors (Lipinski definition) is 1. The maximum Gasteiger partial charge on any atom is 0.0420 e. The van der Waals surface area contributed by atoms with Crippen molar-refractivity contribution in [2.24, 2.45) is 5.92 Å². The predicted molar refractivity (Wildman–Crippen MR) is 114 cm³/mol. The molecule has 25 heavy (non-hydrogen) atoms. The first kappa shape index (κ1) is 20.6. The standard InChI is InChI=1S/C20H23BrN2.2ClH/c1-23-13-20-16(9-14-5-4-7-17(21)10-14)12-18(23)11-15-6-2-3-8-19(15)22-20;;/h2-8,10,16,18,20,22H,9,11-13H2,1H3;2*1H. The molecule has 1 N–H and O–H groups in total. The van der Waals surface area contributed by atoms with Crippen LogP contribution in [0.25, 0.3) is 0 Å². The van der Waals surface area contributed by atoms with E-state index in [1.807, 2.05) is 0 Å². The first-order valence-electron chi connectivity index (χ1n) is 8.48. The Morgan fingerprint density at radius 1 is 1.12 bits per heavy atom. The van der Waals surface area contributed by atoms with Gasteiger partial charge in [0.15, 0.2) is 0 Å². The lowest BCUT2D eigenvalue weighted by atomic mass is 9.79. The third kappa shape index (κ3) is 4.51. The van der Waals surface area contributed by atoms with Crippen LogP contribution >= 0.6 is 40.7 Å². The number of para-hydroxylation sites is 1. The second kappa shape index (κ2) is 8.77. The van der Waals surface area contributed by atoms with Crippen LogP contribution in [0.1, 0.15) is 17.5 Å². The Balaban J connectivity index is 0.00000113. The van der Waals surface area contributed by atoms with Gasteiger partial charge in [-0.05, 0) is 61.6 Å². The summed E-state index contributed by atoms with van der Waals surface area (Å²) in [5, 5.41) is 3.85. The van der Waals surface area contributed by atoms with Crippen molar-refractivity contribution in [3.63, 3.8) is 0 Å². The number of benzene rings is 2. The smallest absolute Gasteiger partial charge is 0.0420 e. The van der Waals surface area contributed by atoms with E-state index in [1.165, 1.54) is 27.7 Å². The predicted octanol–water partition coefficient (Wildman–Crippen LogP) is 5.19. The van der Waals surface area contributed by atoms with Gasteiger partial charge >= 0.3 is 0 Å². The highest BCUT2D eigenvalue weighted by molar-refractivity contribution is 9.10. The largest absolute Gasteiger partial charge is 0.381 e. The van der Waals surface area contributed by atoms with E-state index in [1.54, 1.807) is 0 Å². The van der Waals surface area contributed by atoms with Crippen molar-refractivity contribution in [1.29, 1.82) is 0 Å². The lowest BCUT2D eigenvalue weighted by molar-refractivity contribution is 0.124. The van der Waals surface area contributed by atoms with Crippen molar-refractivity contribution in [3.05, 3.63) is 64.1 Å². The number of nitrogens with one attached hydrogen (secondary N) is 1. The molecular formula is C20H25BrCl2N2. The molecule has 0 amide bonds. The summed E-state index contributed by atoms with van der Waals surface area (Å²) < 4.78 is 1.18. The molecule has 5 rings (SSSR count). The normalized spacial score (nSPS) is 24.8. The number of likely N-dealkylation sites (N-methyl/N-ethyl adjacent to an activating group) is 1. The number of halogens is 3. The number of hydrogen-bond acceptors (Lipinski definition) is 2. The summed E-state index contributed by atoms with van der Waals surface area (Å²) in [5.41, 5.74) is 4.25.